The highest BCUT2D eigenvalue weighted by molar-refractivity contribution is 6.29. The summed E-state index contributed by atoms with van der Waals surface area (Å²) in [6.45, 7) is 1.32. The van der Waals surface area contributed by atoms with Gasteiger partial charge in [-0.05, 0) is 25.1 Å². The van der Waals surface area contributed by atoms with Gasteiger partial charge in [0.05, 0.1) is 17.5 Å². The quantitative estimate of drug-likeness (QED) is 0.381. The first-order valence-corrected chi connectivity index (χ1v) is 9.62. The molecule has 0 aliphatic carbocycles. The second kappa shape index (κ2) is 7.88. The van der Waals surface area contributed by atoms with Crippen molar-refractivity contribution < 1.29 is 18.3 Å². The highest BCUT2D eigenvalue weighted by Gasteiger charge is 2.33. The van der Waals surface area contributed by atoms with Gasteiger partial charge in [-0.3, -0.25) is 0 Å². The number of aliphatic hydroxyl groups is 1. The van der Waals surface area contributed by atoms with Crippen LogP contribution in [0.4, 0.5) is 24.8 Å². The molecule has 0 aliphatic heterocycles. The third-order valence-corrected chi connectivity index (χ3v) is 5.05. The summed E-state index contributed by atoms with van der Waals surface area (Å²) in [5.74, 6) is -0.191. The second-order valence-electron chi connectivity index (χ2n) is 7.13. The number of hydrogen-bond donors (Lipinski definition) is 3. The van der Waals surface area contributed by atoms with Gasteiger partial charge in [0, 0.05) is 11.1 Å². The van der Waals surface area contributed by atoms with Crippen LogP contribution in [-0.4, -0.2) is 29.7 Å². The predicted octanol–water partition coefficient (Wildman–Crippen LogP) is 3.59. The maximum atomic E-state index is 13.3. The Morgan fingerprint density at radius 2 is 1.97 bits per heavy atom. The highest BCUT2D eigenvalue weighted by Crippen LogP contribution is 2.36. The SMILES string of the molecule is C[C@@](O)(Nc1ncnc(N)c1C#N)c1cc2ncc(Cl)n2nc1-c1cccc(C(F)(F)F)c1. The molecule has 0 unspecified atom stereocenters. The normalized spacial score (nSPS) is 13.5. The van der Waals surface area contributed by atoms with Gasteiger partial charge < -0.3 is 16.2 Å². The lowest BCUT2D eigenvalue weighted by Crippen LogP contribution is -2.33. The van der Waals surface area contributed by atoms with Gasteiger partial charge in [-0.2, -0.15) is 23.5 Å². The number of halogens is 4. The Balaban J connectivity index is 1.92. The lowest BCUT2D eigenvalue weighted by molar-refractivity contribution is -0.137. The molecule has 13 heteroatoms. The summed E-state index contributed by atoms with van der Waals surface area (Å²) in [6, 6.07) is 7.72. The number of fused-ring (bicyclic) bond motifs is 1. The summed E-state index contributed by atoms with van der Waals surface area (Å²) < 4.78 is 41.2. The third kappa shape index (κ3) is 4.11. The fourth-order valence-corrected chi connectivity index (χ4v) is 3.39. The van der Waals surface area contributed by atoms with Crippen molar-refractivity contribution in [3.8, 4) is 17.3 Å². The molecule has 3 heterocycles. The molecule has 3 aromatic heterocycles. The zero-order valence-electron chi connectivity index (χ0n) is 16.8. The van der Waals surface area contributed by atoms with Crippen LogP contribution in [0.15, 0.2) is 42.9 Å². The van der Waals surface area contributed by atoms with Crippen molar-refractivity contribution in [3.63, 3.8) is 0 Å². The molecule has 33 heavy (non-hydrogen) atoms. The smallest absolute Gasteiger partial charge is 0.382 e. The van der Waals surface area contributed by atoms with Crippen LogP contribution >= 0.6 is 11.6 Å². The summed E-state index contributed by atoms with van der Waals surface area (Å²) in [6.07, 6.45) is -2.18. The Morgan fingerprint density at radius 1 is 1.21 bits per heavy atom. The lowest BCUT2D eigenvalue weighted by atomic mass is 9.97. The van der Waals surface area contributed by atoms with Crippen LogP contribution in [0.1, 0.15) is 23.6 Å². The van der Waals surface area contributed by atoms with Gasteiger partial charge in [0.1, 0.15) is 23.8 Å². The Bertz CT molecular complexity index is 1410. The number of nitrogens with zero attached hydrogens (tertiary/aromatic N) is 6. The molecule has 0 spiro atoms. The zero-order valence-corrected chi connectivity index (χ0v) is 17.5. The summed E-state index contributed by atoms with van der Waals surface area (Å²) in [5.41, 5.74) is 3.05. The number of nitrogens with two attached hydrogens (primary N) is 1. The second-order valence-corrected chi connectivity index (χ2v) is 7.51. The number of nitriles is 1. The molecule has 168 valence electrons. The molecule has 4 rings (SSSR count). The summed E-state index contributed by atoms with van der Waals surface area (Å²) in [4.78, 5) is 11.8. The Hall–Kier alpha value is -3.95. The van der Waals surface area contributed by atoms with Crippen molar-refractivity contribution >= 4 is 28.9 Å². The zero-order chi connectivity index (χ0) is 24.0. The largest absolute Gasteiger partial charge is 0.416 e. The van der Waals surface area contributed by atoms with Crippen molar-refractivity contribution in [1.29, 1.82) is 5.26 Å². The van der Waals surface area contributed by atoms with Crippen LogP contribution < -0.4 is 11.1 Å². The number of anilines is 2. The molecule has 0 aliphatic rings. The molecule has 0 saturated heterocycles. The van der Waals surface area contributed by atoms with Crippen LogP contribution in [-0.2, 0) is 11.9 Å². The van der Waals surface area contributed by atoms with Gasteiger partial charge in [-0.1, -0.05) is 23.7 Å². The van der Waals surface area contributed by atoms with Gasteiger partial charge >= 0.3 is 6.18 Å². The van der Waals surface area contributed by atoms with Crippen LogP contribution in [0, 0.1) is 11.3 Å². The van der Waals surface area contributed by atoms with E-state index in [9.17, 15) is 23.5 Å². The van der Waals surface area contributed by atoms with E-state index in [2.05, 4.69) is 25.4 Å². The minimum absolute atomic E-state index is 0.00784. The molecule has 1 atom stereocenters. The molecule has 1 aromatic carbocycles. The Morgan fingerprint density at radius 3 is 2.67 bits per heavy atom. The number of nitrogen functional groups attached to an aromatic ring is 1. The van der Waals surface area contributed by atoms with Gasteiger partial charge in [0.15, 0.2) is 22.3 Å². The maximum Gasteiger partial charge on any atom is 0.416 e. The van der Waals surface area contributed by atoms with E-state index in [1.54, 1.807) is 0 Å². The standard InChI is InChI=1S/C20H14ClF3N8O/c1-19(33,30-18-12(7-25)17(26)28-9-29-18)13-6-15-27-8-14(21)32(15)31-16(13)10-3-2-4-11(5-10)20(22,23)24/h2-6,8-9,33H,1H3,(H3,26,28,29,30)/t19-/m0/s1. The van der Waals surface area contributed by atoms with Crippen molar-refractivity contribution in [3.05, 3.63) is 64.7 Å². The minimum Gasteiger partial charge on any atom is -0.382 e. The average molecular weight is 475 g/mol. The third-order valence-electron chi connectivity index (χ3n) is 4.79. The maximum absolute atomic E-state index is 13.3. The van der Waals surface area contributed by atoms with Crippen LogP contribution in [0.2, 0.25) is 5.15 Å². The first kappa shape index (κ1) is 22.3. The number of rotatable bonds is 4. The fourth-order valence-electron chi connectivity index (χ4n) is 3.22. The van der Waals surface area contributed by atoms with E-state index in [1.165, 1.54) is 35.8 Å². The molecular weight excluding hydrogens is 461 g/mol. The highest BCUT2D eigenvalue weighted by atomic mass is 35.5. The first-order valence-electron chi connectivity index (χ1n) is 9.25. The molecular formula is C20H14ClF3N8O. The van der Waals surface area contributed by atoms with Crippen molar-refractivity contribution in [2.24, 2.45) is 0 Å². The Kier molecular flexibility index (Phi) is 5.31. The van der Waals surface area contributed by atoms with Gasteiger partial charge in [0.25, 0.3) is 0 Å². The number of alkyl halides is 3. The lowest BCUT2D eigenvalue weighted by Gasteiger charge is -2.28. The molecule has 0 radical (unpaired) electrons. The number of nitrogens with one attached hydrogen (secondary N) is 1. The van der Waals surface area contributed by atoms with Crippen molar-refractivity contribution in [1.82, 2.24) is 24.6 Å². The van der Waals surface area contributed by atoms with E-state index in [4.69, 9.17) is 17.3 Å². The van der Waals surface area contributed by atoms with Gasteiger partial charge in [-0.25, -0.2) is 19.5 Å². The monoisotopic (exact) mass is 474 g/mol. The molecule has 4 aromatic rings. The summed E-state index contributed by atoms with van der Waals surface area (Å²) >= 11 is 6.10. The van der Waals surface area contributed by atoms with Crippen molar-refractivity contribution in [2.45, 2.75) is 18.8 Å². The van der Waals surface area contributed by atoms with Gasteiger partial charge in [-0.15, -0.1) is 0 Å². The fraction of sp³-hybridized carbons (Fsp3) is 0.150. The number of aromatic nitrogens is 5. The molecule has 0 fully saturated rings. The number of imidazole rings is 1. The van der Waals surface area contributed by atoms with E-state index in [0.29, 0.717) is 0 Å². The number of benzene rings is 1. The van der Waals surface area contributed by atoms with Gasteiger partial charge in [0.2, 0.25) is 0 Å². The van der Waals surface area contributed by atoms with Crippen molar-refractivity contribution in [2.75, 3.05) is 11.1 Å². The molecule has 0 saturated carbocycles. The summed E-state index contributed by atoms with van der Waals surface area (Å²) in [5, 5.41) is 27.8. The minimum atomic E-state index is -4.59. The van der Waals surface area contributed by atoms with Crippen LogP contribution in [0.5, 0.6) is 0 Å². The van der Waals surface area contributed by atoms with Crippen LogP contribution in [0.25, 0.3) is 16.9 Å². The average Bonchev–Trinajstić information content (AvgIpc) is 3.12. The molecule has 0 amide bonds. The molecule has 0 bridgehead atoms. The van der Waals surface area contributed by atoms with E-state index in [1.807, 2.05) is 6.07 Å². The first-order chi connectivity index (χ1) is 15.5. The molecule has 9 nitrogen and oxygen atoms in total. The van der Waals surface area contributed by atoms with E-state index in [-0.39, 0.29) is 44.8 Å². The summed E-state index contributed by atoms with van der Waals surface area (Å²) in [7, 11) is 0. The van der Waals surface area contributed by atoms with Crippen LogP contribution in [0.3, 0.4) is 0 Å². The molecule has 4 N–H and O–H groups in total. The van der Waals surface area contributed by atoms with E-state index >= 15 is 0 Å². The topological polar surface area (TPSA) is 138 Å². The predicted molar refractivity (Wildman–Crippen MR) is 113 cm³/mol. The Labute approximate surface area is 189 Å². The van der Waals surface area contributed by atoms with E-state index in [0.717, 1.165) is 18.5 Å². The van der Waals surface area contributed by atoms with E-state index < -0.39 is 17.5 Å². The number of hydrogen-bond acceptors (Lipinski definition) is 8.